The third-order valence-electron chi connectivity index (χ3n) is 4.71. The number of anilines is 1. The van der Waals surface area contributed by atoms with Gasteiger partial charge in [0.15, 0.2) is 0 Å². The molecule has 1 saturated carbocycles. The summed E-state index contributed by atoms with van der Waals surface area (Å²) < 4.78 is 0. The summed E-state index contributed by atoms with van der Waals surface area (Å²) in [5.74, 6) is 0.112. The molecule has 2 atom stereocenters. The number of nitrogens with zero attached hydrogens (tertiary/aromatic N) is 1. The van der Waals surface area contributed by atoms with Crippen LogP contribution in [0, 0.1) is 11.3 Å². The second-order valence-corrected chi connectivity index (χ2v) is 7.32. The minimum absolute atomic E-state index is 0.0180. The lowest BCUT2D eigenvalue weighted by molar-refractivity contribution is 0.0411. The average molecular weight is 286 g/mol. The Morgan fingerprint density at radius 3 is 2.52 bits per heavy atom. The quantitative estimate of drug-likeness (QED) is 0.637. The Labute approximate surface area is 125 Å². The fourth-order valence-corrected chi connectivity index (χ4v) is 4.15. The molecule has 0 aromatic heterocycles. The van der Waals surface area contributed by atoms with Crippen molar-refractivity contribution >= 4 is 17.5 Å². The van der Waals surface area contributed by atoms with Crippen LogP contribution in [0.25, 0.3) is 0 Å². The topological polar surface area (TPSA) is 63.4 Å². The first-order valence-corrected chi connectivity index (χ1v) is 7.56. The lowest BCUT2D eigenvalue weighted by Gasteiger charge is -2.41. The van der Waals surface area contributed by atoms with Crippen molar-refractivity contribution in [1.29, 1.82) is 0 Å². The molecule has 2 aliphatic rings. The maximum atomic E-state index is 12.7. The van der Waals surface area contributed by atoms with Crippen LogP contribution < -0.4 is 5.73 Å². The van der Waals surface area contributed by atoms with E-state index in [0.717, 1.165) is 19.3 Å². The highest BCUT2D eigenvalue weighted by atomic mass is 16.2. The smallest absolute Gasteiger partial charge is 0.263 e. The fourth-order valence-electron chi connectivity index (χ4n) is 4.15. The molecule has 2 amide bonds. The number of imide groups is 1. The molecule has 1 aromatic rings. The number of amides is 2. The third-order valence-corrected chi connectivity index (χ3v) is 4.71. The number of carbonyl (C=O) groups excluding carboxylic acids is 2. The Balaban J connectivity index is 1.97. The van der Waals surface area contributed by atoms with Gasteiger partial charge in [0, 0.05) is 11.7 Å². The first-order valence-electron chi connectivity index (χ1n) is 7.56. The molecule has 0 bridgehead atoms. The number of hydrogen-bond donors (Lipinski definition) is 1. The van der Waals surface area contributed by atoms with Crippen LogP contribution in [0.3, 0.4) is 0 Å². The van der Waals surface area contributed by atoms with Gasteiger partial charge in [-0.05, 0) is 42.7 Å². The number of nitrogen functional groups attached to an aromatic ring is 1. The van der Waals surface area contributed by atoms with Crippen molar-refractivity contribution in [2.45, 2.75) is 46.1 Å². The zero-order chi connectivity index (χ0) is 15.4. The Hall–Kier alpha value is -1.84. The molecule has 4 nitrogen and oxygen atoms in total. The Morgan fingerprint density at radius 2 is 1.90 bits per heavy atom. The van der Waals surface area contributed by atoms with Crippen molar-refractivity contribution in [2.24, 2.45) is 11.3 Å². The summed E-state index contributed by atoms with van der Waals surface area (Å²) in [5, 5.41) is 0. The molecule has 1 aliphatic carbocycles. The normalized spacial score (nSPS) is 27.9. The number of fused-ring (bicyclic) bond motifs is 1. The maximum Gasteiger partial charge on any atom is 0.263 e. The number of carbonyl (C=O) groups is 2. The maximum absolute atomic E-state index is 12.7. The molecule has 4 heteroatoms. The van der Waals surface area contributed by atoms with Crippen LogP contribution in [0.2, 0.25) is 0 Å². The summed E-state index contributed by atoms with van der Waals surface area (Å²) in [4.78, 5) is 26.8. The van der Waals surface area contributed by atoms with Crippen molar-refractivity contribution in [2.75, 3.05) is 5.73 Å². The molecule has 2 unspecified atom stereocenters. The predicted molar refractivity (Wildman–Crippen MR) is 81.9 cm³/mol. The van der Waals surface area contributed by atoms with Crippen molar-refractivity contribution in [3.8, 4) is 0 Å². The van der Waals surface area contributed by atoms with Crippen LogP contribution >= 0.6 is 0 Å². The van der Waals surface area contributed by atoms with Crippen molar-refractivity contribution < 1.29 is 9.59 Å². The van der Waals surface area contributed by atoms with E-state index in [1.165, 1.54) is 4.90 Å². The van der Waals surface area contributed by atoms with Crippen LogP contribution in [-0.2, 0) is 0 Å². The zero-order valence-electron chi connectivity index (χ0n) is 12.8. The Morgan fingerprint density at radius 1 is 1.19 bits per heavy atom. The highest BCUT2D eigenvalue weighted by Gasteiger charge is 2.44. The summed E-state index contributed by atoms with van der Waals surface area (Å²) in [7, 11) is 0. The van der Waals surface area contributed by atoms with E-state index < -0.39 is 0 Å². The molecular weight excluding hydrogens is 264 g/mol. The van der Waals surface area contributed by atoms with E-state index in [4.69, 9.17) is 5.73 Å². The van der Waals surface area contributed by atoms with Crippen LogP contribution in [0.15, 0.2) is 18.2 Å². The molecule has 0 radical (unpaired) electrons. The second-order valence-electron chi connectivity index (χ2n) is 7.32. The van der Waals surface area contributed by atoms with E-state index in [0.29, 0.717) is 22.7 Å². The standard InChI is InChI=1S/C17H22N2O2/c1-10-7-11(9-17(2,3)8-10)19-15(20)12-5-4-6-13(18)14(12)16(19)21/h4-6,10-11H,7-9,18H2,1-3H3. The summed E-state index contributed by atoms with van der Waals surface area (Å²) in [6, 6.07) is 5.09. The fraction of sp³-hybridized carbons (Fsp3) is 0.529. The summed E-state index contributed by atoms with van der Waals surface area (Å²) in [5.41, 5.74) is 7.29. The number of hydrogen-bond acceptors (Lipinski definition) is 3. The highest BCUT2D eigenvalue weighted by molar-refractivity contribution is 6.23. The Bertz CT molecular complexity index is 621. The largest absolute Gasteiger partial charge is 0.398 e. The molecule has 1 fully saturated rings. The molecule has 1 heterocycles. The summed E-state index contributed by atoms with van der Waals surface area (Å²) >= 11 is 0. The van der Waals surface area contributed by atoms with Gasteiger partial charge in [-0.1, -0.05) is 26.8 Å². The molecular formula is C17H22N2O2. The summed E-state index contributed by atoms with van der Waals surface area (Å²) in [6.45, 7) is 6.62. The zero-order valence-corrected chi connectivity index (χ0v) is 12.8. The first-order chi connectivity index (χ1) is 9.80. The highest BCUT2D eigenvalue weighted by Crippen LogP contribution is 2.42. The molecule has 1 aliphatic heterocycles. The van der Waals surface area contributed by atoms with Crippen molar-refractivity contribution in [1.82, 2.24) is 4.90 Å². The molecule has 112 valence electrons. The monoisotopic (exact) mass is 286 g/mol. The minimum atomic E-state index is -0.219. The summed E-state index contributed by atoms with van der Waals surface area (Å²) in [6.07, 6.45) is 2.88. The SMILES string of the molecule is CC1CC(N2C(=O)c3cccc(N)c3C2=O)CC(C)(C)C1. The molecule has 3 rings (SSSR count). The van der Waals surface area contributed by atoms with Gasteiger partial charge in [-0.15, -0.1) is 0 Å². The van der Waals surface area contributed by atoms with Crippen LogP contribution in [0.5, 0.6) is 0 Å². The van der Waals surface area contributed by atoms with Crippen molar-refractivity contribution in [3.63, 3.8) is 0 Å². The molecule has 0 saturated heterocycles. The lowest BCUT2D eigenvalue weighted by atomic mass is 9.70. The van der Waals surface area contributed by atoms with E-state index >= 15 is 0 Å². The second kappa shape index (κ2) is 4.58. The molecule has 0 spiro atoms. The van der Waals surface area contributed by atoms with Gasteiger partial charge < -0.3 is 5.73 Å². The number of rotatable bonds is 1. The predicted octanol–water partition coefficient (Wildman–Crippen LogP) is 3.08. The number of benzene rings is 1. The minimum Gasteiger partial charge on any atom is -0.398 e. The van der Waals surface area contributed by atoms with E-state index in [9.17, 15) is 9.59 Å². The van der Waals surface area contributed by atoms with Gasteiger partial charge in [-0.3, -0.25) is 14.5 Å². The van der Waals surface area contributed by atoms with E-state index in [1.54, 1.807) is 18.2 Å². The molecule has 21 heavy (non-hydrogen) atoms. The van der Waals surface area contributed by atoms with Gasteiger partial charge in [0.1, 0.15) is 0 Å². The van der Waals surface area contributed by atoms with Gasteiger partial charge in [0.2, 0.25) is 0 Å². The van der Waals surface area contributed by atoms with Gasteiger partial charge in [-0.25, -0.2) is 0 Å². The van der Waals surface area contributed by atoms with Gasteiger partial charge >= 0.3 is 0 Å². The number of nitrogens with two attached hydrogens (primary N) is 1. The third kappa shape index (κ3) is 2.23. The van der Waals surface area contributed by atoms with Crippen LogP contribution in [-0.4, -0.2) is 22.8 Å². The van der Waals surface area contributed by atoms with E-state index in [2.05, 4.69) is 20.8 Å². The first kappa shape index (κ1) is 14.1. The Kier molecular flexibility index (Phi) is 3.08. The van der Waals surface area contributed by atoms with E-state index in [1.807, 2.05) is 0 Å². The van der Waals surface area contributed by atoms with Crippen molar-refractivity contribution in [3.05, 3.63) is 29.3 Å². The lowest BCUT2D eigenvalue weighted by Crippen LogP contribution is -2.46. The van der Waals surface area contributed by atoms with Crippen LogP contribution in [0.1, 0.15) is 60.7 Å². The van der Waals surface area contributed by atoms with Gasteiger partial charge in [-0.2, -0.15) is 0 Å². The van der Waals surface area contributed by atoms with E-state index in [-0.39, 0.29) is 23.3 Å². The molecule has 1 aromatic carbocycles. The molecule has 2 N–H and O–H groups in total. The van der Waals surface area contributed by atoms with Gasteiger partial charge in [0.25, 0.3) is 11.8 Å². The van der Waals surface area contributed by atoms with Crippen LogP contribution in [0.4, 0.5) is 5.69 Å². The van der Waals surface area contributed by atoms with Gasteiger partial charge in [0.05, 0.1) is 11.1 Å². The average Bonchev–Trinajstić information content (AvgIpc) is 2.60.